The Kier molecular flexibility index (Phi) is 4.59. The molecule has 1 aromatic carbocycles. The molecule has 0 heterocycles. The van der Waals surface area contributed by atoms with Crippen molar-refractivity contribution in [3.8, 4) is 5.75 Å². The van der Waals surface area contributed by atoms with Crippen molar-refractivity contribution in [2.75, 3.05) is 13.7 Å². The van der Waals surface area contributed by atoms with Crippen molar-refractivity contribution in [3.05, 3.63) is 29.3 Å². The Balaban J connectivity index is 2.69. The Hall–Kier alpha value is -1.06. The van der Waals surface area contributed by atoms with Crippen LogP contribution < -0.4 is 15.8 Å². The highest BCUT2D eigenvalue weighted by molar-refractivity contribution is 5.36. The third kappa shape index (κ3) is 3.53. The van der Waals surface area contributed by atoms with E-state index < -0.39 is 0 Å². The highest BCUT2D eigenvalue weighted by atomic mass is 16.5. The Morgan fingerprint density at radius 2 is 2.20 bits per heavy atom. The molecule has 0 aromatic heterocycles. The summed E-state index contributed by atoms with van der Waals surface area (Å²) in [6, 6.07) is 6.51. The number of rotatable bonds is 5. The molecule has 0 saturated carbocycles. The first-order valence-corrected chi connectivity index (χ1v) is 5.24. The standard InChI is InChI=1S/C12H20N2O/c1-9-4-5-12(15-3)11(6-9)8-14-10(2)7-13/h4-6,10,14H,7-8,13H2,1-3H3/t10-/m1/s1. The van der Waals surface area contributed by atoms with Crippen molar-refractivity contribution in [1.29, 1.82) is 0 Å². The molecular weight excluding hydrogens is 188 g/mol. The first kappa shape index (κ1) is 12.0. The molecule has 0 spiro atoms. The summed E-state index contributed by atoms with van der Waals surface area (Å²) >= 11 is 0. The van der Waals surface area contributed by atoms with Crippen LogP contribution >= 0.6 is 0 Å². The van der Waals surface area contributed by atoms with Gasteiger partial charge >= 0.3 is 0 Å². The summed E-state index contributed by atoms with van der Waals surface area (Å²) in [5.74, 6) is 0.928. The first-order chi connectivity index (χ1) is 7.17. The molecule has 1 aromatic rings. The van der Waals surface area contributed by atoms with Crippen LogP contribution in [0.3, 0.4) is 0 Å². The van der Waals surface area contributed by atoms with E-state index in [1.807, 2.05) is 6.07 Å². The Morgan fingerprint density at radius 3 is 2.80 bits per heavy atom. The second-order valence-corrected chi connectivity index (χ2v) is 3.83. The normalized spacial score (nSPS) is 12.5. The fourth-order valence-electron chi connectivity index (χ4n) is 1.41. The van der Waals surface area contributed by atoms with Crippen LogP contribution in [0.2, 0.25) is 0 Å². The van der Waals surface area contributed by atoms with Gasteiger partial charge in [0.25, 0.3) is 0 Å². The molecule has 0 unspecified atom stereocenters. The number of hydrogen-bond donors (Lipinski definition) is 2. The third-order valence-electron chi connectivity index (χ3n) is 2.43. The van der Waals surface area contributed by atoms with Gasteiger partial charge in [0.1, 0.15) is 5.75 Å². The van der Waals surface area contributed by atoms with Crippen molar-refractivity contribution in [1.82, 2.24) is 5.32 Å². The highest BCUT2D eigenvalue weighted by Crippen LogP contribution is 2.19. The Morgan fingerprint density at radius 1 is 1.47 bits per heavy atom. The molecule has 1 atom stereocenters. The predicted octanol–water partition coefficient (Wildman–Crippen LogP) is 1.44. The van der Waals surface area contributed by atoms with Crippen LogP contribution in [0.5, 0.6) is 5.75 Å². The molecule has 0 aliphatic carbocycles. The summed E-state index contributed by atoms with van der Waals surface area (Å²) < 4.78 is 5.30. The van der Waals surface area contributed by atoms with E-state index in [2.05, 4.69) is 31.3 Å². The second kappa shape index (κ2) is 5.73. The van der Waals surface area contributed by atoms with Crippen LogP contribution in [-0.4, -0.2) is 19.7 Å². The molecular formula is C12H20N2O. The van der Waals surface area contributed by atoms with E-state index >= 15 is 0 Å². The maximum absolute atomic E-state index is 5.54. The van der Waals surface area contributed by atoms with Crippen LogP contribution in [-0.2, 0) is 6.54 Å². The maximum Gasteiger partial charge on any atom is 0.123 e. The molecule has 3 N–H and O–H groups in total. The van der Waals surface area contributed by atoms with Gasteiger partial charge in [-0.2, -0.15) is 0 Å². The maximum atomic E-state index is 5.54. The van der Waals surface area contributed by atoms with E-state index in [0.717, 1.165) is 12.3 Å². The van der Waals surface area contributed by atoms with Gasteiger partial charge < -0.3 is 15.8 Å². The van der Waals surface area contributed by atoms with Gasteiger partial charge in [-0.25, -0.2) is 0 Å². The molecule has 0 amide bonds. The monoisotopic (exact) mass is 208 g/mol. The lowest BCUT2D eigenvalue weighted by molar-refractivity contribution is 0.406. The van der Waals surface area contributed by atoms with Gasteiger partial charge in [-0.3, -0.25) is 0 Å². The number of nitrogens with one attached hydrogen (secondary N) is 1. The Bertz CT molecular complexity index is 312. The molecule has 15 heavy (non-hydrogen) atoms. The van der Waals surface area contributed by atoms with Crippen LogP contribution in [0.4, 0.5) is 0 Å². The number of hydrogen-bond acceptors (Lipinski definition) is 3. The summed E-state index contributed by atoms with van der Waals surface area (Å²) in [4.78, 5) is 0. The minimum absolute atomic E-state index is 0.329. The summed E-state index contributed by atoms with van der Waals surface area (Å²) in [6.07, 6.45) is 0. The number of ether oxygens (including phenoxy) is 1. The molecule has 3 heteroatoms. The lowest BCUT2D eigenvalue weighted by Gasteiger charge is -2.14. The third-order valence-corrected chi connectivity index (χ3v) is 2.43. The molecule has 0 saturated heterocycles. The SMILES string of the molecule is COc1ccc(C)cc1CN[C@H](C)CN. The zero-order valence-corrected chi connectivity index (χ0v) is 9.71. The zero-order chi connectivity index (χ0) is 11.3. The lowest BCUT2D eigenvalue weighted by atomic mass is 10.1. The van der Waals surface area contributed by atoms with E-state index in [4.69, 9.17) is 10.5 Å². The fraction of sp³-hybridized carbons (Fsp3) is 0.500. The van der Waals surface area contributed by atoms with Crippen LogP contribution in [0.25, 0.3) is 0 Å². The number of nitrogens with two attached hydrogens (primary N) is 1. The number of aryl methyl sites for hydroxylation is 1. The lowest BCUT2D eigenvalue weighted by Crippen LogP contribution is -2.32. The topological polar surface area (TPSA) is 47.3 Å². The molecule has 0 radical (unpaired) electrons. The highest BCUT2D eigenvalue weighted by Gasteiger charge is 2.04. The van der Waals surface area contributed by atoms with Crippen molar-refractivity contribution < 1.29 is 4.74 Å². The summed E-state index contributed by atoms with van der Waals surface area (Å²) in [5, 5.41) is 3.35. The van der Waals surface area contributed by atoms with E-state index in [1.54, 1.807) is 7.11 Å². The van der Waals surface area contributed by atoms with E-state index in [-0.39, 0.29) is 0 Å². The average Bonchev–Trinajstić information content (AvgIpc) is 2.26. The van der Waals surface area contributed by atoms with Gasteiger partial charge in [-0.15, -0.1) is 0 Å². The Labute approximate surface area is 91.6 Å². The van der Waals surface area contributed by atoms with Gasteiger partial charge in [-0.05, 0) is 19.9 Å². The molecule has 3 nitrogen and oxygen atoms in total. The van der Waals surface area contributed by atoms with Gasteiger partial charge in [0, 0.05) is 24.7 Å². The van der Waals surface area contributed by atoms with Crippen molar-refractivity contribution in [3.63, 3.8) is 0 Å². The molecule has 0 aliphatic heterocycles. The second-order valence-electron chi connectivity index (χ2n) is 3.83. The van der Waals surface area contributed by atoms with Crippen molar-refractivity contribution in [2.45, 2.75) is 26.4 Å². The largest absolute Gasteiger partial charge is 0.496 e. The zero-order valence-electron chi connectivity index (χ0n) is 9.71. The van der Waals surface area contributed by atoms with Crippen LogP contribution in [0.1, 0.15) is 18.1 Å². The minimum Gasteiger partial charge on any atom is -0.496 e. The van der Waals surface area contributed by atoms with E-state index in [0.29, 0.717) is 12.6 Å². The van der Waals surface area contributed by atoms with E-state index in [1.165, 1.54) is 11.1 Å². The molecule has 0 aliphatic rings. The molecule has 0 bridgehead atoms. The van der Waals surface area contributed by atoms with E-state index in [9.17, 15) is 0 Å². The van der Waals surface area contributed by atoms with Gasteiger partial charge in [-0.1, -0.05) is 17.7 Å². The summed E-state index contributed by atoms with van der Waals surface area (Å²) in [5.41, 5.74) is 7.96. The van der Waals surface area contributed by atoms with Gasteiger partial charge in [0.15, 0.2) is 0 Å². The smallest absolute Gasteiger partial charge is 0.123 e. The quantitative estimate of drug-likeness (QED) is 0.769. The molecule has 0 fully saturated rings. The predicted molar refractivity (Wildman–Crippen MR) is 63.1 cm³/mol. The number of methoxy groups -OCH3 is 1. The minimum atomic E-state index is 0.329. The summed E-state index contributed by atoms with van der Waals surface area (Å²) in [6.45, 7) is 5.59. The average molecular weight is 208 g/mol. The van der Waals surface area contributed by atoms with Gasteiger partial charge in [0.05, 0.1) is 7.11 Å². The number of benzene rings is 1. The van der Waals surface area contributed by atoms with Crippen LogP contribution in [0.15, 0.2) is 18.2 Å². The molecule has 84 valence electrons. The summed E-state index contributed by atoms with van der Waals surface area (Å²) in [7, 11) is 1.69. The van der Waals surface area contributed by atoms with Crippen LogP contribution in [0, 0.1) is 6.92 Å². The van der Waals surface area contributed by atoms with Crippen molar-refractivity contribution in [2.24, 2.45) is 5.73 Å². The fourth-order valence-corrected chi connectivity index (χ4v) is 1.41. The molecule has 1 rings (SSSR count). The van der Waals surface area contributed by atoms with Gasteiger partial charge in [0.2, 0.25) is 0 Å². The van der Waals surface area contributed by atoms with Crippen molar-refractivity contribution >= 4 is 0 Å². The first-order valence-electron chi connectivity index (χ1n) is 5.24.